The average Bonchev–Trinajstić information content (AvgIpc) is 2.32. The first-order valence-electron chi connectivity index (χ1n) is 7.43. The van der Waals surface area contributed by atoms with E-state index in [1.165, 1.54) is 38.9 Å². The molecule has 0 amide bonds. The van der Waals surface area contributed by atoms with Gasteiger partial charge in [-0.25, -0.2) is 0 Å². The molecule has 1 N–H and O–H groups in total. The van der Waals surface area contributed by atoms with Gasteiger partial charge in [0.1, 0.15) is 0 Å². The molecule has 1 heterocycles. The summed E-state index contributed by atoms with van der Waals surface area (Å²) in [5.74, 6) is 0.829. The van der Waals surface area contributed by atoms with Gasteiger partial charge in [0, 0.05) is 20.2 Å². The van der Waals surface area contributed by atoms with Gasteiger partial charge in [0.25, 0.3) is 0 Å². The topological polar surface area (TPSA) is 24.5 Å². The molecule has 1 unspecified atom stereocenters. The van der Waals surface area contributed by atoms with Crippen LogP contribution in [0.1, 0.15) is 40.0 Å². The van der Waals surface area contributed by atoms with Crippen molar-refractivity contribution in [2.75, 3.05) is 46.4 Å². The number of ether oxygens (including phenoxy) is 1. The number of likely N-dealkylation sites (tertiary alicyclic amines) is 1. The second-order valence-corrected chi connectivity index (χ2v) is 6.82. The Bertz CT molecular complexity index is 213. The molecule has 0 saturated carbocycles. The zero-order valence-electron chi connectivity index (χ0n) is 12.8. The lowest BCUT2D eigenvalue weighted by Crippen LogP contribution is -2.41. The number of piperidine rings is 1. The highest BCUT2D eigenvalue weighted by molar-refractivity contribution is 4.76. The van der Waals surface area contributed by atoms with E-state index in [9.17, 15) is 0 Å². The maximum absolute atomic E-state index is 5.06. The fourth-order valence-electron chi connectivity index (χ4n) is 2.49. The van der Waals surface area contributed by atoms with Gasteiger partial charge in [-0.2, -0.15) is 0 Å². The van der Waals surface area contributed by atoms with Crippen LogP contribution in [0, 0.1) is 11.3 Å². The lowest BCUT2D eigenvalue weighted by Gasteiger charge is -2.34. The van der Waals surface area contributed by atoms with E-state index in [-0.39, 0.29) is 0 Å². The first-order chi connectivity index (χ1) is 8.51. The van der Waals surface area contributed by atoms with E-state index in [4.69, 9.17) is 4.74 Å². The van der Waals surface area contributed by atoms with Crippen molar-refractivity contribution in [3.63, 3.8) is 0 Å². The number of hydrogen-bond acceptors (Lipinski definition) is 3. The van der Waals surface area contributed by atoms with Crippen molar-refractivity contribution in [1.29, 1.82) is 0 Å². The van der Waals surface area contributed by atoms with Crippen molar-refractivity contribution in [2.24, 2.45) is 11.3 Å². The normalized spacial score (nSPS) is 22.3. The van der Waals surface area contributed by atoms with Gasteiger partial charge in [0.2, 0.25) is 0 Å². The molecule has 0 aromatic heterocycles. The third-order valence-corrected chi connectivity index (χ3v) is 3.70. The third-order valence-electron chi connectivity index (χ3n) is 3.70. The number of methoxy groups -OCH3 is 1. The molecule has 18 heavy (non-hydrogen) atoms. The van der Waals surface area contributed by atoms with Gasteiger partial charge in [-0.3, -0.25) is 0 Å². The lowest BCUT2D eigenvalue weighted by atomic mass is 9.91. The van der Waals surface area contributed by atoms with Gasteiger partial charge in [0.15, 0.2) is 0 Å². The van der Waals surface area contributed by atoms with Crippen LogP contribution in [-0.2, 0) is 4.74 Å². The highest BCUT2D eigenvalue weighted by Gasteiger charge is 2.21. The molecular formula is C15H32N2O. The summed E-state index contributed by atoms with van der Waals surface area (Å²) >= 11 is 0. The van der Waals surface area contributed by atoms with Gasteiger partial charge in [-0.05, 0) is 50.2 Å². The zero-order valence-corrected chi connectivity index (χ0v) is 12.8. The smallest absolute Gasteiger partial charge is 0.0587 e. The Morgan fingerprint density at radius 3 is 2.78 bits per heavy atom. The van der Waals surface area contributed by atoms with Crippen molar-refractivity contribution >= 4 is 0 Å². The Morgan fingerprint density at radius 1 is 1.33 bits per heavy atom. The molecule has 108 valence electrons. The number of hydrogen-bond donors (Lipinski definition) is 1. The molecule has 0 bridgehead atoms. The molecule has 0 aromatic rings. The molecule has 1 atom stereocenters. The van der Waals surface area contributed by atoms with Crippen LogP contribution in [0.25, 0.3) is 0 Å². The van der Waals surface area contributed by atoms with E-state index in [2.05, 4.69) is 31.0 Å². The minimum Gasteiger partial charge on any atom is -0.383 e. The van der Waals surface area contributed by atoms with Gasteiger partial charge in [-0.1, -0.05) is 20.8 Å². The van der Waals surface area contributed by atoms with E-state index >= 15 is 0 Å². The van der Waals surface area contributed by atoms with Crippen LogP contribution < -0.4 is 5.32 Å². The van der Waals surface area contributed by atoms with Gasteiger partial charge < -0.3 is 15.0 Å². The van der Waals surface area contributed by atoms with E-state index in [0.717, 1.165) is 25.6 Å². The Kier molecular flexibility index (Phi) is 7.20. The maximum Gasteiger partial charge on any atom is 0.0587 e. The van der Waals surface area contributed by atoms with Crippen LogP contribution >= 0.6 is 0 Å². The summed E-state index contributed by atoms with van der Waals surface area (Å²) in [7, 11) is 1.76. The van der Waals surface area contributed by atoms with Gasteiger partial charge in [-0.15, -0.1) is 0 Å². The molecule has 1 saturated heterocycles. The lowest BCUT2D eigenvalue weighted by molar-refractivity contribution is 0.149. The molecule has 3 nitrogen and oxygen atoms in total. The molecule has 0 spiro atoms. The van der Waals surface area contributed by atoms with Crippen molar-refractivity contribution < 1.29 is 4.74 Å². The summed E-state index contributed by atoms with van der Waals surface area (Å²) in [4.78, 5) is 2.65. The Balaban J connectivity index is 2.15. The molecule has 0 radical (unpaired) electrons. The summed E-state index contributed by atoms with van der Waals surface area (Å²) in [6.45, 7) is 13.8. The molecular weight excluding hydrogens is 224 g/mol. The minimum atomic E-state index is 0.462. The van der Waals surface area contributed by atoms with Crippen LogP contribution in [0.2, 0.25) is 0 Å². The maximum atomic E-state index is 5.06. The quantitative estimate of drug-likeness (QED) is 0.708. The monoisotopic (exact) mass is 256 g/mol. The summed E-state index contributed by atoms with van der Waals surface area (Å²) < 4.78 is 5.06. The van der Waals surface area contributed by atoms with Crippen molar-refractivity contribution in [2.45, 2.75) is 40.0 Å². The highest BCUT2D eigenvalue weighted by atomic mass is 16.5. The molecule has 1 fully saturated rings. The number of nitrogens with one attached hydrogen (secondary N) is 1. The van der Waals surface area contributed by atoms with Crippen molar-refractivity contribution in [1.82, 2.24) is 10.2 Å². The summed E-state index contributed by atoms with van der Waals surface area (Å²) in [6.07, 6.45) is 4.05. The molecule has 1 rings (SSSR count). The molecule has 3 heteroatoms. The second-order valence-electron chi connectivity index (χ2n) is 6.82. The average molecular weight is 256 g/mol. The molecule has 1 aliphatic rings. The predicted molar refractivity (Wildman–Crippen MR) is 78.0 cm³/mol. The van der Waals surface area contributed by atoms with Crippen LogP contribution in [-0.4, -0.2) is 51.3 Å². The van der Waals surface area contributed by atoms with Crippen LogP contribution in [0.3, 0.4) is 0 Å². The number of rotatable bonds is 7. The van der Waals surface area contributed by atoms with Gasteiger partial charge >= 0.3 is 0 Å². The van der Waals surface area contributed by atoms with E-state index in [0.29, 0.717) is 5.41 Å². The Labute approximate surface area is 113 Å². The standard InChI is InChI=1S/C15H32N2O/c1-15(2,3)7-10-17-9-5-6-14(13-17)12-16-8-11-18-4/h14,16H,5-13H2,1-4H3. The highest BCUT2D eigenvalue weighted by Crippen LogP contribution is 2.21. The summed E-state index contributed by atoms with van der Waals surface area (Å²) in [5, 5.41) is 3.50. The second kappa shape index (κ2) is 8.13. The predicted octanol–water partition coefficient (Wildman–Crippen LogP) is 2.37. The van der Waals surface area contributed by atoms with Crippen LogP contribution in [0.4, 0.5) is 0 Å². The van der Waals surface area contributed by atoms with Crippen LogP contribution in [0.15, 0.2) is 0 Å². The van der Waals surface area contributed by atoms with Crippen LogP contribution in [0.5, 0.6) is 0 Å². The van der Waals surface area contributed by atoms with E-state index in [1.807, 2.05) is 0 Å². The van der Waals surface area contributed by atoms with E-state index < -0.39 is 0 Å². The summed E-state index contributed by atoms with van der Waals surface area (Å²) in [6, 6.07) is 0. The zero-order chi connectivity index (χ0) is 13.4. The fourth-order valence-corrected chi connectivity index (χ4v) is 2.49. The summed E-state index contributed by atoms with van der Waals surface area (Å²) in [5.41, 5.74) is 0.462. The number of nitrogens with zero attached hydrogens (tertiary/aromatic N) is 1. The Hall–Kier alpha value is -0.120. The Morgan fingerprint density at radius 2 is 2.11 bits per heavy atom. The first-order valence-corrected chi connectivity index (χ1v) is 7.43. The van der Waals surface area contributed by atoms with E-state index in [1.54, 1.807) is 7.11 Å². The molecule has 0 aromatic carbocycles. The van der Waals surface area contributed by atoms with Gasteiger partial charge in [0.05, 0.1) is 6.61 Å². The van der Waals surface area contributed by atoms with Crippen molar-refractivity contribution in [3.8, 4) is 0 Å². The fraction of sp³-hybridized carbons (Fsp3) is 1.00. The molecule has 0 aliphatic carbocycles. The minimum absolute atomic E-state index is 0.462. The third kappa shape index (κ3) is 7.34. The SMILES string of the molecule is COCCNCC1CCCN(CCC(C)(C)C)C1. The van der Waals surface area contributed by atoms with Crippen molar-refractivity contribution in [3.05, 3.63) is 0 Å². The molecule has 1 aliphatic heterocycles. The first kappa shape index (κ1) is 15.9. The largest absolute Gasteiger partial charge is 0.383 e.